The number of aliphatic imine (C=N–C) groups is 1. The van der Waals surface area contributed by atoms with Crippen LogP contribution in [0.4, 0.5) is 0 Å². The number of guanidine groups is 1. The summed E-state index contributed by atoms with van der Waals surface area (Å²) in [6.07, 6.45) is 5.68. The largest absolute Gasteiger partial charge is 0.466 e. The summed E-state index contributed by atoms with van der Waals surface area (Å²) in [6, 6.07) is 4.71. The first-order valence-corrected chi connectivity index (χ1v) is 10.0. The van der Waals surface area contributed by atoms with Gasteiger partial charge in [0.05, 0.1) is 6.61 Å². The molecule has 1 rings (SSSR count). The molecule has 0 fully saturated rings. The van der Waals surface area contributed by atoms with Crippen LogP contribution in [0, 0.1) is 6.92 Å². The highest BCUT2D eigenvalue weighted by Crippen LogP contribution is 2.16. The van der Waals surface area contributed by atoms with Crippen molar-refractivity contribution in [2.24, 2.45) is 4.99 Å². The number of nitrogens with one attached hydrogen (secondary N) is 2. The van der Waals surface area contributed by atoms with E-state index in [0.717, 1.165) is 44.6 Å². The van der Waals surface area contributed by atoms with Crippen molar-refractivity contribution in [2.45, 2.75) is 65.3 Å². The Morgan fingerprint density at radius 3 is 2.62 bits per heavy atom. The summed E-state index contributed by atoms with van der Waals surface area (Å²) in [6.45, 7) is 7.52. The Balaban J connectivity index is 0.00000625. The minimum absolute atomic E-state index is 0. The third-order valence-corrected chi connectivity index (χ3v) is 4.84. The molecule has 150 valence electrons. The smallest absolute Gasteiger partial charge is 0.305 e. The third kappa shape index (κ3) is 11.7. The van der Waals surface area contributed by atoms with Crippen LogP contribution in [0.15, 0.2) is 17.1 Å². The summed E-state index contributed by atoms with van der Waals surface area (Å²) in [7, 11) is 1.80. The van der Waals surface area contributed by atoms with Crippen LogP contribution in [-0.4, -0.2) is 38.2 Å². The summed E-state index contributed by atoms with van der Waals surface area (Å²) in [4.78, 5) is 18.3. The SMILES string of the molecule is CCOC(=O)CCCCCCNC(=NC)NC(C)Cc1ccc(C)s1.I. The minimum Gasteiger partial charge on any atom is -0.466 e. The Hall–Kier alpha value is -0.830. The van der Waals surface area contributed by atoms with E-state index in [2.05, 4.69) is 41.6 Å². The van der Waals surface area contributed by atoms with Crippen molar-refractivity contribution in [3.63, 3.8) is 0 Å². The maximum absolute atomic E-state index is 11.2. The van der Waals surface area contributed by atoms with Crippen molar-refractivity contribution in [2.75, 3.05) is 20.2 Å². The molecular weight excluding hydrogens is 461 g/mol. The third-order valence-electron chi connectivity index (χ3n) is 3.82. The summed E-state index contributed by atoms with van der Waals surface area (Å²) in [5, 5.41) is 6.80. The fourth-order valence-corrected chi connectivity index (χ4v) is 3.58. The first kappa shape index (κ1) is 25.2. The van der Waals surface area contributed by atoms with Gasteiger partial charge in [-0.2, -0.15) is 0 Å². The molecule has 0 radical (unpaired) electrons. The molecule has 5 nitrogen and oxygen atoms in total. The van der Waals surface area contributed by atoms with Gasteiger partial charge in [-0.3, -0.25) is 9.79 Å². The van der Waals surface area contributed by atoms with Crippen molar-refractivity contribution in [3.05, 3.63) is 21.9 Å². The van der Waals surface area contributed by atoms with E-state index in [4.69, 9.17) is 4.74 Å². The molecule has 1 aromatic heterocycles. The summed E-state index contributed by atoms with van der Waals surface area (Å²) >= 11 is 1.85. The zero-order valence-corrected chi connectivity index (χ0v) is 19.6. The fraction of sp³-hybridized carbons (Fsp3) is 0.684. The lowest BCUT2D eigenvalue weighted by Crippen LogP contribution is -2.43. The molecule has 0 aliphatic carbocycles. The molecule has 1 unspecified atom stereocenters. The maximum Gasteiger partial charge on any atom is 0.305 e. The maximum atomic E-state index is 11.2. The van der Waals surface area contributed by atoms with Crippen LogP contribution in [0.1, 0.15) is 55.7 Å². The predicted octanol–water partition coefficient (Wildman–Crippen LogP) is 4.28. The van der Waals surface area contributed by atoms with E-state index in [1.54, 1.807) is 7.05 Å². The predicted molar refractivity (Wildman–Crippen MR) is 122 cm³/mol. The molecule has 0 amide bonds. The second-order valence-corrected chi connectivity index (χ2v) is 7.60. The molecule has 26 heavy (non-hydrogen) atoms. The van der Waals surface area contributed by atoms with Crippen molar-refractivity contribution in [1.82, 2.24) is 10.6 Å². The molecule has 1 aromatic rings. The van der Waals surface area contributed by atoms with Crippen LogP contribution in [0.5, 0.6) is 0 Å². The van der Waals surface area contributed by atoms with Gasteiger partial charge in [0, 0.05) is 42.2 Å². The first-order chi connectivity index (χ1) is 12.0. The Morgan fingerprint density at radius 1 is 1.27 bits per heavy atom. The molecule has 0 spiro atoms. The molecular formula is C19H34IN3O2S. The van der Waals surface area contributed by atoms with Gasteiger partial charge in [0.25, 0.3) is 0 Å². The Bertz CT molecular complexity index is 535. The van der Waals surface area contributed by atoms with Crippen molar-refractivity contribution in [1.29, 1.82) is 0 Å². The van der Waals surface area contributed by atoms with Crippen molar-refractivity contribution < 1.29 is 9.53 Å². The normalized spacial score (nSPS) is 12.2. The summed E-state index contributed by atoms with van der Waals surface area (Å²) in [5.74, 6) is 0.771. The van der Waals surface area contributed by atoms with Gasteiger partial charge in [0.2, 0.25) is 0 Å². The highest BCUT2D eigenvalue weighted by atomic mass is 127. The average Bonchev–Trinajstić information content (AvgIpc) is 2.97. The topological polar surface area (TPSA) is 62.7 Å². The fourth-order valence-electron chi connectivity index (χ4n) is 2.56. The molecule has 2 N–H and O–H groups in total. The van der Waals surface area contributed by atoms with E-state index in [9.17, 15) is 4.79 Å². The van der Waals surface area contributed by atoms with E-state index >= 15 is 0 Å². The molecule has 1 heterocycles. The molecule has 0 bridgehead atoms. The Labute approximate surface area is 179 Å². The van der Waals surface area contributed by atoms with Gasteiger partial charge < -0.3 is 15.4 Å². The highest BCUT2D eigenvalue weighted by molar-refractivity contribution is 14.0. The van der Waals surface area contributed by atoms with Crippen LogP contribution in [0.2, 0.25) is 0 Å². The van der Waals surface area contributed by atoms with Gasteiger partial charge in [-0.05, 0) is 45.7 Å². The van der Waals surface area contributed by atoms with Gasteiger partial charge in [0.1, 0.15) is 0 Å². The molecule has 0 aromatic carbocycles. The van der Waals surface area contributed by atoms with Crippen molar-refractivity contribution in [3.8, 4) is 0 Å². The quantitative estimate of drug-likeness (QED) is 0.158. The van der Waals surface area contributed by atoms with Gasteiger partial charge in [-0.15, -0.1) is 35.3 Å². The second-order valence-electron chi connectivity index (χ2n) is 6.23. The van der Waals surface area contributed by atoms with Crippen LogP contribution in [-0.2, 0) is 16.0 Å². The zero-order chi connectivity index (χ0) is 18.5. The van der Waals surface area contributed by atoms with Crippen LogP contribution < -0.4 is 10.6 Å². The number of ether oxygens (including phenoxy) is 1. The molecule has 7 heteroatoms. The van der Waals surface area contributed by atoms with Gasteiger partial charge >= 0.3 is 5.97 Å². The van der Waals surface area contributed by atoms with Gasteiger partial charge in [-0.25, -0.2) is 0 Å². The minimum atomic E-state index is -0.0832. The van der Waals surface area contributed by atoms with E-state index < -0.39 is 0 Å². The summed E-state index contributed by atoms with van der Waals surface area (Å²) in [5.41, 5.74) is 0. The number of carbonyl (C=O) groups is 1. The van der Waals surface area contributed by atoms with E-state index in [1.807, 2.05) is 18.3 Å². The van der Waals surface area contributed by atoms with Crippen LogP contribution in [0.25, 0.3) is 0 Å². The zero-order valence-electron chi connectivity index (χ0n) is 16.5. The summed E-state index contributed by atoms with van der Waals surface area (Å²) < 4.78 is 4.92. The number of hydrogen-bond donors (Lipinski definition) is 2. The number of nitrogens with zero attached hydrogens (tertiary/aromatic N) is 1. The lowest BCUT2D eigenvalue weighted by atomic mass is 10.1. The van der Waals surface area contributed by atoms with Gasteiger partial charge in [0.15, 0.2) is 5.96 Å². The first-order valence-electron chi connectivity index (χ1n) is 9.23. The number of halogens is 1. The second kappa shape index (κ2) is 15.2. The molecule has 0 saturated carbocycles. The van der Waals surface area contributed by atoms with Crippen LogP contribution in [0.3, 0.4) is 0 Å². The number of thiophene rings is 1. The number of carbonyl (C=O) groups excluding carboxylic acids is 1. The van der Waals surface area contributed by atoms with Crippen LogP contribution >= 0.6 is 35.3 Å². The Kier molecular flexibility index (Phi) is 14.8. The number of esters is 1. The van der Waals surface area contributed by atoms with Crippen molar-refractivity contribution >= 4 is 47.2 Å². The number of aryl methyl sites for hydroxylation is 1. The van der Waals surface area contributed by atoms with Gasteiger partial charge in [-0.1, -0.05) is 12.8 Å². The number of hydrogen-bond acceptors (Lipinski definition) is 4. The number of unbranched alkanes of at least 4 members (excludes halogenated alkanes) is 3. The lowest BCUT2D eigenvalue weighted by molar-refractivity contribution is -0.143. The molecule has 0 aliphatic rings. The molecule has 1 atom stereocenters. The van der Waals surface area contributed by atoms with E-state index in [1.165, 1.54) is 9.75 Å². The monoisotopic (exact) mass is 495 g/mol. The standard InChI is InChI=1S/C19H33N3O2S.HI/c1-5-24-18(23)10-8-6-7-9-13-21-19(20-4)22-15(2)14-17-12-11-16(3)25-17;/h11-12,15H,5-10,13-14H2,1-4H3,(H2,20,21,22);1H. The highest BCUT2D eigenvalue weighted by Gasteiger charge is 2.07. The lowest BCUT2D eigenvalue weighted by Gasteiger charge is -2.17. The Morgan fingerprint density at radius 2 is 2.00 bits per heavy atom. The van der Waals surface area contributed by atoms with E-state index in [-0.39, 0.29) is 29.9 Å². The molecule has 0 saturated heterocycles. The number of rotatable bonds is 11. The van der Waals surface area contributed by atoms with E-state index in [0.29, 0.717) is 19.1 Å². The molecule has 0 aliphatic heterocycles. The average molecular weight is 495 g/mol.